The molecule has 0 unspecified atom stereocenters. The van der Waals surface area contributed by atoms with Crippen LogP contribution < -0.4 is 15.0 Å². The second-order valence-electron chi connectivity index (χ2n) is 7.85. The molecule has 0 radical (unpaired) electrons. The van der Waals surface area contributed by atoms with Crippen molar-refractivity contribution in [2.24, 2.45) is 10.9 Å². The van der Waals surface area contributed by atoms with Gasteiger partial charge in [0.05, 0.1) is 13.7 Å². The lowest BCUT2D eigenvalue weighted by molar-refractivity contribution is -0.153. The van der Waals surface area contributed by atoms with Gasteiger partial charge in [-0.2, -0.15) is 0 Å². The zero-order chi connectivity index (χ0) is 23.4. The summed E-state index contributed by atoms with van der Waals surface area (Å²) < 4.78 is 10.5. The molecule has 0 aromatic heterocycles. The number of methoxy groups -OCH3 is 1. The number of carbonyl (C=O) groups is 2. The van der Waals surface area contributed by atoms with Crippen LogP contribution in [0.15, 0.2) is 53.5 Å². The van der Waals surface area contributed by atoms with Crippen LogP contribution in [0.3, 0.4) is 0 Å². The maximum atomic E-state index is 13.0. The Labute approximate surface area is 198 Å². The minimum atomic E-state index is -1.06. The van der Waals surface area contributed by atoms with E-state index in [4.69, 9.17) is 26.1 Å². The number of nitrogens with one attached hydrogen (secondary N) is 1. The standard InChI is InChI=1S/C24H27ClN4O4/c1-3-33-23(31)20-21(16-6-4-7-17(25)14-16)26-24(27-22(20)30)29-12-10-28(11-13-29)18-8-5-9-19(15-18)32-2/h4-9,14-15,20-21H,3,10-13H2,1-2H3,(H,26,27,30)/t20-,21+/m0/s1. The number of halogens is 1. The van der Waals surface area contributed by atoms with Gasteiger partial charge in [-0.3, -0.25) is 14.9 Å². The van der Waals surface area contributed by atoms with Crippen LogP contribution in [0.5, 0.6) is 5.75 Å². The molecule has 2 aromatic rings. The number of benzene rings is 2. The average molecular weight is 471 g/mol. The molecule has 2 aliphatic heterocycles. The van der Waals surface area contributed by atoms with Crippen LogP contribution in [0.1, 0.15) is 18.5 Å². The number of nitrogens with zero attached hydrogens (tertiary/aromatic N) is 3. The van der Waals surface area contributed by atoms with Gasteiger partial charge in [-0.05, 0) is 36.8 Å². The topological polar surface area (TPSA) is 83.5 Å². The number of rotatable bonds is 5. The minimum absolute atomic E-state index is 0.188. The van der Waals surface area contributed by atoms with Crippen molar-refractivity contribution in [3.8, 4) is 5.75 Å². The Hall–Kier alpha value is -3.26. The second-order valence-corrected chi connectivity index (χ2v) is 8.28. The number of ether oxygens (including phenoxy) is 2. The van der Waals surface area contributed by atoms with Gasteiger partial charge in [-0.15, -0.1) is 0 Å². The number of hydrogen-bond acceptors (Lipinski definition) is 7. The molecule has 4 rings (SSSR count). The largest absolute Gasteiger partial charge is 0.497 e. The summed E-state index contributed by atoms with van der Waals surface area (Å²) in [6, 6.07) is 14.3. The van der Waals surface area contributed by atoms with Crippen molar-refractivity contribution in [1.82, 2.24) is 10.2 Å². The molecule has 9 heteroatoms. The van der Waals surface area contributed by atoms with Gasteiger partial charge in [0.25, 0.3) is 0 Å². The summed E-state index contributed by atoms with van der Waals surface area (Å²) in [6.45, 7) is 4.75. The fourth-order valence-corrected chi connectivity index (χ4v) is 4.34. The lowest BCUT2D eigenvalue weighted by atomic mass is 9.91. The molecule has 1 saturated heterocycles. The Bertz CT molecular complexity index is 1050. The minimum Gasteiger partial charge on any atom is -0.497 e. The van der Waals surface area contributed by atoms with Gasteiger partial charge in [0, 0.05) is 43.0 Å². The van der Waals surface area contributed by atoms with E-state index in [0.717, 1.165) is 24.5 Å². The molecular weight excluding hydrogens is 444 g/mol. The first-order valence-corrected chi connectivity index (χ1v) is 11.3. The van der Waals surface area contributed by atoms with E-state index < -0.39 is 23.8 Å². The SMILES string of the molecule is CCOC(=O)[C@@H]1C(=O)NC(N2CCN(c3cccc(OC)c3)CC2)=N[C@@H]1c1cccc(Cl)c1. The molecule has 2 atom stereocenters. The van der Waals surface area contributed by atoms with E-state index in [1.54, 1.807) is 32.2 Å². The molecule has 1 N–H and O–H groups in total. The van der Waals surface area contributed by atoms with E-state index in [-0.39, 0.29) is 6.61 Å². The van der Waals surface area contributed by atoms with E-state index in [2.05, 4.69) is 16.3 Å². The number of anilines is 1. The average Bonchev–Trinajstić information content (AvgIpc) is 2.83. The Morgan fingerprint density at radius 2 is 1.85 bits per heavy atom. The number of aliphatic imine (C=N–C) groups is 1. The van der Waals surface area contributed by atoms with Crippen molar-refractivity contribution in [1.29, 1.82) is 0 Å². The van der Waals surface area contributed by atoms with Crippen LogP contribution >= 0.6 is 11.6 Å². The third-order valence-electron chi connectivity index (χ3n) is 5.82. The van der Waals surface area contributed by atoms with Crippen LogP contribution in [-0.2, 0) is 14.3 Å². The first kappa shape index (κ1) is 22.9. The number of hydrogen-bond donors (Lipinski definition) is 1. The maximum Gasteiger partial charge on any atom is 0.321 e. The molecular formula is C24H27ClN4O4. The van der Waals surface area contributed by atoms with Gasteiger partial charge in [-0.1, -0.05) is 29.8 Å². The summed E-state index contributed by atoms with van der Waals surface area (Å²) in [5, 5.41) is 3.35. The highest BCUT2D eigenvalue weighted by Crippen LogP contribution is 2.32. The monoisotopic (exact) mass is 470 g/mol. The normalized spacial score (nSPS) is 20.7. The Kier molecular flexibility index (Phi) is 7.03. The van der Waals surface area contributed by atoms with Crippen LogP contribution in [0.4, 0.5) is 5.69 Å². The first-order chi connectivity index (χ1) is 16.0. The smallest absolute Gasteiger partial charge is 0.321 e. The van der Waals surface area contributed by atoms with Crippen LogP contribution in [0, 0.1) is 5.92 Å². The second kappa shape index (κ2) is 10.1. The van der Waals surface area contributed by atoms with Gasteiger partial charge < -0.3 is 19.3 Å². The molecule has 33 heavy (non-hydrogen) atoms. The quantitative estimate of drug-likeness (QED) is 0.534. The Balaban J connectivity index is 1.55. The molecule has 1 amide bonds. The third kappa shape index (κ3) is 5.06. The van der Waals surface area contributed by atoms with Crippen molar-refractivity contribution in [3.63, 3.8) is 0 Å². The predicted molar refractivity (Wildman–Crippen MR) is 127 cm³/mol. The van der Waals surface area contributed by atoms with Gasteiger partial charge in [0.2, 0.25) is 11.9 Å². The number of amides is 1. The number of carbonyl (C=O) groups excluding carboxylic acids is 2. The molecule has 174 valence electrons. The highest BCUT2D eigenvalue weighted by Gasteiger charge is 2.42. The zero-order valence-electron chi connectivity index (χ0n) is 18.7. The fraction of sp³-hybridized carbons (Fsp3) is 0.375. The zero-order valence-corrected chi connectivity index (χ0v) is 19.4. The van der Waals surface area contributed by atoms with Crippen molar-refractivity contribution >= 4 is 35.1 Å². The summed E-state index contributed by atoms with van der Waals surface area (Å²) in [4.78, 5) is 34.7. The fourth-order valence-electron chi connectivity index (χ4n) is 4.14. The molecule has 2 aromatic carbocycles. The van der Waals surface area contributed by atoms with Crippen molar-refractivity contribution < 1.29 is 19.1 Å². The molecule has 0 aliphatic carbocycles. The van der Waals surface area contributed by atoms with Crippen molar-refractivity contribution in [2.75, 3.05) is 44.8 Å². The number of guanidine groups is 1. The van der Waals surface area contributed by atoms with Gasteiger partial charge in [-0.25, -0.2) is 4.99 Å². The lowest BCUT2D eigenvalue weighted by Gasteiger charge is -2.39. The molecule has 2 aliphatic rings. The van der Waals surface area contributed by atoms with E-state index in [0.29, 0.717) is 29.6 Å². The molecule has 0 bridgehead atoms. The van der Waals surface area contributed by atoms with Gasteiger partial charge in [0.1, 0.15) is 11.8 Å². The number of esters is 1. The van der Waals surface area contributed by atoms with E-state index in [9.17, 15) is 9.59 Å². The highest BCUT2D eigenvalue weighted by molar-refractivity contribution is 6.30. The van der Waals surface area contributed by atoms with E-state index in [1.807, 2.05) is 29.2 Å². The highest BCUT2D eigenvalue weighted by atomic mass is 35.5. The summed E-state index contributed by atoms with van der Waals surface area (Å²) in [7, 11) is 1.65. The van der Waals surface area contributed by atoms with Crippen LogP contribution in [0.25, 0.3) is 0 Å². The first-order valence-electron chi connectivity index (χ1n) is 10.9. The van der Waals surface area contributed by atoms with Crippen LogP contribution in [-0.4, -0.2) is 62.6 Å². The summed E-state index contributed by atoms with van der Waals surface area (Å²) in [5.74, 6) is -0.793. The summed E-state index contributed by atoms with van der Waals surface area (Å²) in [6.07, 6.45) is 0. The van der Waals surface area contributed by atoms with Gasteiger partial charge >= 0.3 is 5.97 Å². The predicted octanol–water partition coefficient (Wildman–Crippen LogP) is 2.88. The maximum absolute atomic E-state index is 13.0. The number of piperazine rings is 1. The molecule has 1 fully saturated rings. The summed E-state index contributed by atoms with van der Waals surface area (Å²) >= 11 is 6.18. The summed E-state index contributed by atoms with van der Waals surface area (Å²) in [5.41, 5.74) is 1.78. The Morgan fingerprint density at radius 1 is 1.12 bits per heavy atom. The Morgan fingerprint density at radius 3 is 2.55 bits per heavy atom. The lowest BCUT2D eigenvalue weighted by Crippen LogP contribution is -2.57. The van der Waals surface area contributed by atoms with E-state index in [1.165, 1.54) is 0 Å². The molecule has 0 spiro atoms. The van der Waals surface area contributed by atoms with Crippen LogP contribution in [0.2, 0.25) is 5.02 Å². The van der Waals surface area contributed by atoms with E-state index >= 15 is 0 Å². The molecule has 8 nitrogen and oxygen atoms in total. The molecule has 0 saturated carbocycles. The van der Waals surface area contributed by atoms with Crippen molar-refractivity contribution in [2.45, 2.75) is 13.0 Å². The molecule has 2 heterocycles. The van der Waals surface area contributed by atoms with Gasteiger partial charge in [0.15, 0.2) is 5.92 Å². The van der Waals surface area contributed by atoms with Crippen molar-refractivity contribution in [3.05, 3.63) is 59.1 Å². The third-order valence-corrected chi connectivity index (χ3v) is 6.06.